The summed E-state index contributed by atoms with van der Waals surface area (Å²) in [5, 5.41) is 3.93. The number of ether oxygens (including phenoxy) is 2. The highest BCUT2D eigenvalue weighted by atomic mass is 32.1. The molecule has 0 aromatic carbocycles. The first-order valence-electron chi connectivity index (χ1n) is 5.71. The van der Waals surface area contributed by atoms with Crippen LogP contribution in [0.25, 0.3) is 0 Å². The predicted molar refractivity (Wildman–Crippen MR) is 67.7 cm³/mol. The Morgan fingerprint density at radius 1 is 1.47 bits per heavy atom. The lowest BCUT2D eigenvalue weighted by Crippen LogP contribution is -2.10. The number of thiazole rings is 1. The molecule has 17 heavy (non-hydrogen) atoms. The maximum absolute atomic E-state index is 11.5. The molecule has 0 bridgehead atoms. The monoisotopic (exact) mass is 258 g/mol. The molecule has 0 saturated heterocycles. The number of esters is 1. The van der Waals surface area contributed by atoms with Crippen LogP contribution in [0.2, 0.25) is 0 Å². The van der Waals surface area contributed by atoms with E-state index in [1.807, 2.05) is 6.92 Å². The first-order valence-corrected chi connectivity index (χ1v) is 6.59. The van der Waals surface area contributed by atoms with E-state index in [1.165, 1.54) is 11.3 Å². The van der Waals surface area contributed by atoms with Crippen molar-refractivity contribution >= 4 is 22.3 Å². The fourth-order valence-electron chi connectivity index (χ4n) is 1.24. The van der Waals surface area contributed by atoms with E-state index in [-0.39, 0.29) is 5.97 Å². The van der Waals surface area contributed by atoms with E-state index < -0.39 is 0 Å². The summed E-state index contributed by atoms with van der Waals surface area (Å²) in [6.07, 6.45) is 0.897. The molecular formula is C11H18N2O3S. The fraction of sp³-hybridized carbons (Fsp3) is 0.636. The molecule has 0 aliphatic heterocycles. The molecule has 0 aliphatic rings. The highest BCUT2D eigenvalue weighted by molar-refractivity contribution is 7.14. The van der Waals surface area contributed by atoms with Crippen LogP contribution >= 0.6 is 11.3 Å². The third kappa shape index (κ3) is 4.70. The summed E-state index contributed by atoms with van der Waals surface area (Å²) in [7, 11) is 0. The molecule has 1 aromatic rings. The summed E-state index contributed by atoms with van der Waals surface area (Å²) in [6, 6.07) is 0. The molecule has 1 heterocycles. The molecule has 1 aromatic heterocycles. The smallest absolute Gasteiger partial charge is 0.360 e. The van der Waals surface area contributed by atoms with Crippen LogP contribution in [-0.2, 0) is 9.47 Å². The number of hydrogen-bond donors (Lipinski definition) is 1. The molecule has 0 amide bonds. The first kappa shape index (κ1) is 13.9. The lowest BCUT2D eigenvalue weighted by molar-refractivity contribution is 0.0521. The third-order valence-corrected chi connectivity index (χ3v) is 2.78. The number of aromatic nitrogens is 1. The quantitative estimate of drug-likeness (QED) is 0.572. The second-order valence-corrected chi connectivity index (χ2v) is 4.08. The van der Waals surface area contributed by atoms with E-state index in [1.54, 1.807) is 12.4 Å². The number of carbonyl (C=O) groups is 1. The van der Waals surface area contributed by atoms with Crippen LogP contribution in [0.5, 0.6) is 0 Å². The Bertz CT molecular complexity index is 341. The number of anilines is 1. The van der Waals surface area contributed by atoms with Crippen molar-refractivity contribution in [2.24, 2.45) is 0 Å². The zero-order valence-electron chi connectivity index (χ0n) is 10.2. The van der Waals surface area contributed by atoms with E-state index in [0.29, 0.717) is 12.3 Å². The molecule has 1 N–H and O–H groups in total. The number of nitrogens with one attached hydrogen (secondary N) is 1. The van der Waals surface area contributed by atoms with Gasteiger partial charge in [-0.05, 0) is 20.3 Å². The Balaban J connectivity index is 2.38. The Hall–Kier alpha value is -1.14. The fourth-order valence-corrected chi connectivity index (χ4v) is 1.93. The molecule has 1 rings (SSSR count). The van der Waals surface area contributed by atoms with Crippen LogP contribution in [0, 0.1) is 0 Å². The van der Waals surface area contributed by atoms with Gasteiger partial charge in [-0.1, -0.05) is 0 Å². The molecule has 0 spiro atoms. The molecule has 0 fully saturated rings. The second-order valence-electron chi connectivity index (χ2n) is 3.23. The highest BCUT2D eigenvalue weighted by Gasteiger charge is 2.15. The van der Waals surface area contributed by atoms with E-state index in [4.69, 9.17) is 9.47 Å². The van der Waals surface area contributed by atoms with Gasteiger partial charge in [-0.15, -0.1) is 11.3 Å². The van der Waals surface area contributed by atoms with E-state index in [9.17, 15) is 4.79 Å². The van der Waals surface area contributed by atoms with Crippen LogP contribution < -0.4 is 5.32 Å². The van der Waals surface area contributed by atoms with E-state index in [2.05, 4.69) is 10.3 Å². The number of nitrogens with zero attached hydrogens (tertiary/aromatic N) is 1. The minimum absolute atomic E-state index is 0.361. The SMILES string of the molecule is CCOCCCNc1scnc1C(=O)OCC. The topological polar surface area (TPSA) is 60.5 Å². The lowest BCUT2D eigenvalue weighted by atomic mass is 10.4. The van der Waals surface area contributed by atoms with Crippen molar-refractivity contribution in [2.75, 3.05) is 31.7 Å². The Morgan fingerprint density at radius 2 is 2.29 bits per heavy atom. The zero-order valence-corrected chi connectivity index (χ0v) is 11.0. The summed E-state index contributed by atoms with van der Waals surface area (Å²) >= 11 is 1.40. The predicted octanol–water partition coefficient (Wildman–Crippen LogP) is 2.16. The second kappa shape index (κ2) is 8.03. The Morgan fingerprint density at radius 3 is 3.00 bits per heavy atom. The van der Waals surface area contributed by atoms with Gasteiger partial charge in [-0.25, -0.2) is 9.78 Å². The summed E-state index contributed by atoms with van der Waals surface area (Å²) in [6.45, 7) is 6.31. The number of carbonyl (C=O) groups excluding carboxylic acids is 1. The van der Waals surface area contributed by atoms with Gasteiger partial charge < -0.3 is 14.8 Å². The van der Waals surface area contributed by atoms with Crippen molar-refractivity contribution in [3.8, 4) is 0 Å². The zero-order chi connectivity index (χ0) is 12.5. The van der Waals surface area contributed by atoms with Crippen molar-refractivity contribution in [3.63, 3.8) is 0 Å². The van der Waals surface area contributed by atoms with Gasteiger partial charge in [0, 0.05) is 19.8 Å². The minimum atomic E-state index is -0.374. The molecule has 6 heteroatoms. The van der Waals surface area contributed by atoms with Gasteiger partial charge in [0.15, 0.2) is 5.69 Å². The molecule has 0 atom stereocenters. The van der Waals surface area contributed by atoms with Gasteiger partial charge in [0.2, 0.25) is 0 Å². The van der Waals surface area contributed by atoms with Gasteiger partial charge in [-0.2, -0.15) is 0 Å². The molecule has 0 saturated carbocycles. The third-order valence-electron chi connectivity index (χ3n) is 1.99. The van der Waals surface area contributed by atoms with Crippen LogP contribution in [0.15, 0.2) is 5.51 Å². The Labute approximate surface area is 105 Å². The number of rotatable bonds is 8. The van der Waals surface area contributed by atoms with Crippen LogP contribution in [-0.4, -0.2) is 37.3 Å². The van der Waals surface area contributed by atoms with E-state index in [0.717, 1.165) is 31.2 Å². The molecule has 0 unspecified atom stereocenters. The molecule has 5 nitrogen and oxygen atoms in total. The number of hydrogen-bond acceptors (Lipinski definition) is 6. The largest absolute Gasteiger partial charge is 0.461 e. The molecular weight excluding hydrogens is 240 g/mol. The van der Waals surface area contributed by atoms with E-state index >= 15 is 0 Å². The minimum Gasteiger partial charge on any atom is -0.461 e. The van der Waals surface area contributed by atoms with Gasteiger partial charge in [0.05, 0.1) is 12.1 Å². The molecule has 96 valence electrons. The van der Waals surface area contributed by atoms with Gasteiger partial charge in [-0.3, -0.25) is 0 Å². The summed E-state index contributed by atoms with van der Waals surface area (Å²) in [5.74, 6) is -0.374. The Kier molecular flexibility index (Phi) is 6.57. The van der Waals surface area contributed by atoms with Gasteiger partial charge >= 0.3 is 5.97 Å². The highest BCUT2D eigenvalue weighted by Crippen LogP contribution is 2.20. The van der Waals surface area contributed by atoms with Crippen molar-refractivity contribution in [1.29, 1.82) is 0 Å². The van der Waals surface area contributed by atoms with Crippen molar-refractivity contribution in [3.05, 3.63) is 11.2 Å². The van der Waals surface area contributed by atoms with Crippen molar-refractivity contribution < 1.29 is 14.3 Å². The maximum atomic E-state index is 11.5. The molecule has 0 aliphatic carbocycles. The van der Waals surface area contributed by atoms with Gasteiger partial charge in [0.25, 0.3) is 0 Å². The molecule has 0 radical (unpaired) electrons. The standard InChI is InChI=1S/C11H18N2O3S/c1-3-15-7-5-6-12-10-9(13-8-17-10)11(14)16-4-2/h8,12H,3-7H2,1-2H3. The van der Waals surface area contributed by atoms with Gasteiger partial charge in [0.1, 0.15) is 5.00 Å². The van der Waals surface area contributed by atoms with Crippen LogP contribution in [0.3, 0.4) is 0 Å². The average molecular weight is 258 g/mol. The normalized spacial score (nSPS) is 10.2. The van der Waals surface area contributed by atoms with Crippen LogP contribution in [0.1, 0.15) is 30.8 Å². The summed E-state index contributed by atoms with van der Waals surface area (Å²) in [4.78, 5) is 15.5. The summed E-state index contributed by atoms with van der Waals surface area (Å²) in [5.41, 5.74) is 2.00. The van der Waals surface area contributed by atoms with Crippen LogP contribution in [0.4, 0.5) is 5.00 Å². The lowest BCUT2D eigenvalue weighted by Gasteiger charge is -2.05. The first-order chi connectivity index (χ1) is 8.29. The van der Waals surface area contributed by atoms with Crippen molar-refractivity contribution in [1.82, 2.24) is 4.98 Å². The summed E-state index contributed by atoms with van der Waals surface area (Å²) < 4.78 is 10.1. The maximum Gasteiger partial charge on any atom is 0.360 e. The average Bonchev–Trinajstić information content (AvgIpc) is 2.77. The van der Waals surface area contributed by atoms with Crippen molar-refractivity contribution in [2.45, 2.75) is 20.3 Å².